The van der Waals surface area contributed by atoms with E-state index in [4.69, 9.17) is 4.74 Å². The number of benzene rings is 1. The van der Waals surface area contributed by atoms with Crippen molar-refractivity contribution in [3.63, 3.8) is 0 Å². The smallest absolute Gasteiger partial charge is 0.282 e. The molecule has 5 aliphatic rings. The summed E-state index contributed by atoms with van der Waals surface area (Å²) in [6, 6.07) is 5.78. The fourth-order valence-corrected chi connectivity index (χ4v) is 8.89. The van der Waals surface area contributed by atoms with Gasteiger partial charge in [0.15, 0.2) is 5.82 Å². The summed E-state index contributed by atoms with van der Waals surface area (Å²) < 4.78 is 21.0. The van der Waals surface area contributed by atoms with Crippen LogP contribution in [0.1, 0.15) is 70.8 Å². The van der Waals surface area contributed by atoms with Crippen molar-refractivity contribution >= 4 is 5.82 Å². The molecule has 2 aliphatic carbocycles. The minimum absolute atomic E-state index is 0.231. The topological polar surface area (TPSA) is 104 Å². The molecule has 1 N–H and O–H groups in total. The SMILES string of the molecule is CC(C)[C@@H](C1CC(N2CC[C@](C)(O)C2)C1)N1CC2(CCN(c3ncnnc3Oc3ccc(F)cc3-c3cnncc3C3CC3)C2)C1. The quantitative estimate of drug-likeness (QED) is 0.352. The van der Waals surface area contributed by atoms with Crippen molar-refractivity contribution in [2.24, 2.45) is 17.3 Å². The fraction of sp³-hybridized carbons (Fsp3) is 0.629. The maximum absolute atomic E-state index is 14.6. The van der Waals surface area contributed by atoms with E-state index in [1.165, 1.54) is 31.3 Å². The average Bonchev–Trinajstić information content (AvgIpc) is 3.65. The minimum atomic E-state index is -0.525. The van der Waals surface area contributed by atoms with E-state index in [0.29, 0.717) is 46.9 Å². The van der Waals surface area contributed by atoms with Crippen LogP contribution in [0.5, 0.6) is 11.6 Å². The second-order valence-electron chi connectivity index (χ2n) is 15.4. The number of ether oxygens (including phenoxy) is 1. The maximum atomic E-state index is 14.6. The molecular weight excluding hydrogens is 583 g/mol. The molecule has 2 atom stereocenters. The minimum Gasteiger partial charge on any atom is -0.434 e. The zero-order chi connectivity index (χ0) is 31.6. The van der Waals surface area contributed by atoms with Crippen molar-refractivity contribution in [1.82, 2.24) is 35.2 Å². The predicted molar refractivity (Wildman–Crippen MR) is 172 cm³/mol. The molecule has 1 spiro atoms. The van der Waals surface area contributed by atoms with Gasteiger partial charge in [0.05, 0.1) is 18.0 Å². The first-order valence-corrected chi connectivity index (χ1v) is 17.1. The first-order chi connectivity index (χ1) is 22.2. The summed E-state index contributed by atoms with van der Waals surface area (Å²) in [5, 5.41) is 27.1. The van der Waals surface area contributed by atoms with E-state index in [-0.39, 0.29) is 11.2 Å². The van der Waals surface area contributed by atoms with Gasteiger partial charge in [-0.25, -0.2) is 9.37 Å². The summed E-state index contributed by atoms with van der Waals surface area (Å²) in [5.74, 6) is 2.92. The van der Waals surface area contributed by atoms with Crippen LogP contribution in [-0.2, 0) is 0 Å². The third-order valence-electron chi connectivity index (χ3n) is 11.3. The van der Waals surface area contributed by atoms with Gasteiger partial charge in [-0.2, -0.15) is 10.2 Å². The number of likely N-dealkylation sites (tertiary alicyclic amines) is 2. The van der Waals surface area contributed by atoms with Crippen LogP contribution in [-0.4, -0.2) is 97.2 Å². The molecule has 2 aromatic heterocycles. The summed E-state index contributed by atoms with van der Waals surface area (Å²) in [6.07, 6.45) is 11.6. The van der Waals surface area contributed by atoms with Gasteiger partial charge >= 0.3 is 0 Å². The molecule has 0 bridgehead atoms. The van der Waals surface area contributed by atoms with Crippen LogP contribution in [0.4, 0.5) is 10.2 Å². The first-order valence-electron chi connectivity index (χ1n) is 17.1. The van der Waals surface area contributed by atoms with Gasteiger partial charge in [-0.1, -0.05) is 13.8 Å². The van der Waals surface area contributed by atoms with E-state index >= 15 is 0 Å². The van der Waals surface area contributed by atoms with Crippen molar-refractivity contribution in [2.45, 2.75) is 82.9 Å². The zero-order valence-corrected chi connectivity index (χ0v) is 27.1. The molecule has 0 unspecified atom stereocenters. The third kappa shape index (κ3) is 5.64. The van der Waals surface area contributed by atoms with Gasteiger partial charge in [0.1, 0.15) is 17.9 Å². The van der Waals surface area contributed by atoms with Crippen LogP contribution < -0.4 is 9.64 Å². The molecule has 46 heavy (non-hydrogen) atoms. The Hall–Kier alpha value is -3.28. The molecule has 244 valence electrons. The van der Waals surface area contributed by atoms with Crippen molar-refractivity contribution in [3.05, 3.63) is 48.3 Å². The number of rotatable bonds is 9. The van der Waals surface area contributed by atoms with Crippen molar-refractivity contribution in [1.29, 1.82) is 0 Å². The number of aromatic nitrogens is 5. The second kappa shape index (κ2) is 11.5. The number of nitrogens with zero attached hydrogens (tertiary/aromatic N) is 8. The molecule has 8 rings (SSSR count). The Morgan fingerprint density at radius 3 is 2.52 bits per heavy atom. The Morgan fingerprint density at radius 2 is 1.78 bits per heavy atom. The van der Waals surface area contributed by atoms with Crippen LogP contribution in [0.15, 0.2) is 36.9 Å². The molecule has 0 amide bonds. The number of anilines is 1. The Balaban J connectivity index is 0.948. The van der Waals surface area contributed by atoms with Gasteiger partial charge in [0.2, 0.25) is 0 Å². The number of aliphatic hydroxyl groups is 1. The molecular formula is C35H45FN8O2. The van der Waals surface area contributed by atoms with E-state index in [0.717, 1.165) is 82.0 Å². The largest absolute Gasteiger partial charge is 0.434 e. The summed E-state index contributed by atoms with van der Waals surface area (Å²) in [7, 11) is 0. The molecule has 5 heterocycles. The second-order valence-corrected chi connectivity index (χ2v) is 15.4. The highest BCUT2D eigenvalue weighted by Crippen LogP contribution is 2.49. The lowest BCUT2D eigenvalue weighted by molar-refractivity contribution is -0.0799. The van der Waals surface area contributed by atoms with Crippen LogP contribution in [0, 0.1) is 23.1 Å². The predicted octanol–water partition coefficient (Wildman–Crippen LogP) is 4.91. The number of hydrogen-bond donors (Lipinski definition) is 1. The monoisotopic (exact) mass is 628 g/mol. The highest BCUT2D eigenvalue weighted by atomic mass is 19.1. The van der Waals surface area contributed by atoms with Gasteiger partial charge in [-0.15, -0.1) is 10.2 Å². The number of halogens is 1. The molecule has 2 saturated carbocycles. The summed E-state index contributed by atoms with van der Waals surface area (Å²) in [6.45, 7) is 12.5. The Bertz CT molecular complexity index is 1590. The molecule has 3 aromatic rings. The highest BCUT2D eigenvalue weighted by Gasteiger charge is 2.53. The van der Waals surface area contributed by atoms with Gasteiger partial charge in [0.25, 0.3) is 5.88 Å². The molecule has 10 nitrogen and oxygen atoms in total. The lowest BCUT2D eigenvalue weighted by Crippen LogP contribution is -2.65. The third-order valence-corrected chi connectivity index (χ3v) is 11.3. The fourth-order valence-electron chi connectivity index (χ4n) is 8.89. The zero-order valence-electron chi connectivity index (χ0n) is 27.1. The van der Waals surface area contributed by atoms with Crippen LogP contribution in [0.2, 0.25) is 0 Å². The van der Waals surface area contributed by atoms with Gasteiger partial charge in [0, 0.05) is 67.9 Å². The molecule has 0 radical (unpaired) electrons. The molecule has 3 aliphatic heterocycles. The summed E-state index contributed by atoms with van der Waals surface area (Å²) in [5.41, 5.74) is 2.25. The standard InChI is InChI=1S/C35H45FN8O2/c1-22(2)31(24-12-26(13-24)42-10-8-34(3,45)17-42)44-19-35(20-44)9-11-43(18-35)32-33(41-40-21-37-32)46-30-7-6-25(36)14-27(30)29-16-39-38-15-28(29)23-4-5-23/h6-7,14-16,21-24,26,31,45H,4-5,8-13,17-20H2,1-3H3/t24?,26?,31-,34-/m0/s1. The van der Waals surface area contributed by atoms with Crippen molar-refractivity contribution < 1.29 is 14.2 Å². The van der Waals surface area contributed by atoms with Crippen LogP contribution in [0.3, 0.4) is 0 Å². The lowest BCUT2D eigenvalue weighted by atomic mass is 9.68. The molecule has 1 aromatic carbocycles. The summed E-state index contributed by atoms with van der Waals surface area (Å²) in [4.78, 5) is 12.2. The van der Waals surface area contributed by atoms with Gasteiger partial charge < -0.3 is 14.7 Å². The van der Waals surface area contributed by atoms with E-state index in [1.807, 2.05) is 6.92 Å². The van der Waals surface area contributed by atoms with E-state index in [9.17, 15) is 9.50 Å². The van der Waals surface area contributed by atoms with Gasteiger partial charge in [-0.3, -0.25) is 9.80 Å². The van der Waals surface area contributed by atoms with Crippen molar-refractivity contribution in [2.75, 3.05) is 44.2 Å². The Kier molecular flexibility index (Phi) is 7.49. The number of hydrogen-bond acceptors (Lipinski definition) is 10. The van der Waals surface area contributed by atoms with E-state index in [1.54, 1.807) is 18.5 Å². The number of β-amino-alcohol motifs (C(OH)–C–C–N with tert-alkyl or cyclic N) is 1. The first kappa shape index (κ1) is 30.1. The Labute approximate surface area is 270 Å². The van der Waals surface area contributed by atoms with Crippen LogP contribution >= 0.6 is 0 Å². The van der Waals surface area contributed by atoms with E-state index < -0.39 is 5.60 Å². The Morgan fingerprint density at radius 1 is 0.978 bits per heavy atom. The summed E-state index contributed by atoms with van der Waals surface area (Å²) >= 11 is 0. The van der Waals surface area contributed by atoms with Crippen LogP contribution in [0.25, 0.3) is 11.1 Å². The lowest BCUT2D eigenvalue weighted by Gasteiger charge is -2.57. The van der Waals surface area contributed by atoms with Crippen molar-refractivity contribution in [3.8, 4) is 22.8 Å². The molecule has 3 saturated heterocycles. The average molecular weight is 629 g/mol. The molecule has 5 fully saturated rings. The molecule has 11 heteroatoms. The highest BCUT2D eigenvalue weighted by molar-refractivity contribution is 5.74. The van der Waals surface area contributed by atoms with E-state index in [2.05, 4.69) is 53.9 Å². The maximum Gasteiger partial charge on any atom is 0.282 e. The normalized spacial score (nSPS) is 28.4. The van der Waals surface area contributed by atoms with Gasteiger partial charge in [-0.05, 0) is 87.0 Å².